The Hall–Kier alpha value is 0.566. The zero-order valence-corrected chi connectivity index (χ0v) is 15.6. The van der Waals surface area contributed by atoms with E-state index in [1.54, 1.807) is 5.57 Å². The van der Waals surface area contributed by atoms with Crippen LogP contribution < -0.4 is 0 Å². The molecule has 86 valence electrons. The van der Waals surface area contributed by atoms with Crippen LogP contribution >= 0.6 is 0 Å². The SMILES string of the molecule is CC1=C[CH]([Ge]([CH3])([CH3])[CH3])C=C[CH]1[Ge]([CH3])([CH3])[CH3]. The molecule has 0 aromatic rings. The molecule has 1 aliphatic rings. The van der Waals surface area contributed by atoms with Gasteiger partial charge in [-0.1, -0.05) is 0 Å². The molecule has 1 aliphatic carbocycles. The second-order valence-electron chi connectivity index (χ2n) is 7.03. The average Bonchev–Trinajstić information content (AvgIpc) is 1.99. The molecule has 2 atom stereocenters. The molecule has 0 saturated heterocycles. The van der Waals surface area contributed by atoms with Crippen molar-refractivity contribution in [3.8, 4) is 0 Å². The second-order valence-corrected chi connectivity index (χ2v) is 29.6. The van der Waals surface area contributed by atoms with Gasteiger partial charge in [0.15, 0.2) is 0 Å². The van der Waals surface area contributed by atoms with Gasteiger partial charge in [-0.15, -0.1) is 0 Å². The molecule has 0 amide bonds. The van der Waals surface area contributed by atoms with E-state index in [4.69, 9.17) is 0 Å². The van der Waals surface area contributed by atoms with Crippen LogP contribution in [0.4, 0.5) is 0 Å². The Labute approximate surface area is 101 Å². The molecule has 0 fully saturated rings. The van der Waals surface area contributed by atoms with Gasteiger partial charge in [0.1, 0.15) is 0 Å². The van der Waals surface area contributed by atoms with Crippen molar-refractivity contribution in [3.05, 3.63) is 23.8 Å². The molecule has 0 heterocycles. The summed E-state index contributed by atoms with van der Waals surface area (Å²) in [6, 6.07) is 0. The Morgan fingerprint density at radius 2 is 1.40 bits per heavy atom. The van der Waals surface area contributed by atoms with Crippen LogP contribution in [0.1, 0.15) is 6.92 Å². The summed E-state index contributed by atoms with van der Waals surface area (Å²) >= 11 is -3.05. The molecule has 0 nitrogen and oxygen atoms in total. The van der Waals surface area contributed by atoms with Crippen LogP contribution in [0.3, 0.4) is 0 Å². The molecule has 0 aromatic heterocycles. The number of rotatable bonds is 2. The summed E-state index contributed by atoms with van der Waals surface area (Å²) in [5.74, 6) is 15.1. The fourth-order valence-electron chi connectivity index (χ4n) is 2.34. The van der Waals surface area contributed by atoms with Crippen LogP contribution in [0.25, 0.3) is 0 Å². The average molecular weight is 328 g/mol. The third-order valence-corrected chi connectivity index (χ3v) is 13.6. The molecule has 0 spiro atoms. The molecular formula is C13H26Ge2. The quantitative estimate of drug-likeness (QED) is 0.499. The fourth-order valence-corrected chi connectivity index (χ4v) is 9.89. The molecule has 0 radical (unpaired) electrons. The van der Waals surface area contributed by atoms with E-state index in [2.05, 4.69) is 59.7 Å². The predicted octanol–water partition coefficient (Wildman–Crippen LogP) is 4.92. The molecule has 0 N–H and O–H groups in total. The van der Waals surface area contributed by atoms with Gasteiger partial charge < -0.3 is 0 Å². The number of allylic oxidation sites excluding steroid dienone is 4. The molecule has 1 rings (SSSR count). The van der Waals surface area contributed by atoms with Crippen molar-refractivity contribution in [2.45, 2.75) is 51.0 Å². The number of hydrogen-bond donors (Lipinski definition) is 0. The zero-order chi connectivity index (χ0) is 11.9. The van der Waals surface area contributed by atoms with E-state index in [9.17, 15) is 0 Å². The topological polar surface area (TPSA) is 0 Å². The van der Waals surface area contributed by atoms with E-state index in [0.29, 0.717) is 0 Å². The Balaban J connectivity index is 2.90. The van der Waals surface area contributed by atoms with Gasteiger partial charge in [-0.05, 0) is 0 Å². The molecule has 0 bridgehead atoms. The summed E-state index contributed by atoms with van der Waals surface area (Å²) in [6.07, 6.45) is 7.64. The standard InChI is InChI=1S/C13H26Ge2/c1-11-10-12(14(2,3)4)8-9-13(11)15(5,6)7/h8-10,12-13H,1-7H3. The summed E-state index contributed by atoms with van der Waals surface area (Å²) < 4.78 is 1.64. The van der Waals surface area contributed by atoms with Crippen molar-refractivity contribution in [2.75, 3.05) is 0 Å². The molecule has 2 heteroatoms. The Kier molecular flexibility index (Phi) is 4.04. The van der Waals surface area contributed by atoms with Crippen LogP contribution in [0.15, 0.2) is 23.8 Å². The van der Waals surface area contributed by atoms with Crippen LogP contribution in [-0.4, -0.2) is 26.5 Å². The van der Waals surface area contributed by atoms with E-state index in [1.807, 2.05) is 0 Å². The van der Waals surface area contributed by atoms with Crippen LogP contribution in [0.2, 0.25) is 44.0 Å². The summed E-state index contributed by atoms with van der Waals surface area (Å²) in [6.45, 7) is 2.35. The first-order chi connectivity index (χ1) is 6.62. The van der Waals surface area contributed by atoms with Gasteiger partial charge in [-0.25, -0.2) is 0 Å². The van der Waals surface area contributed by atoms with Crippen molar-refractivity contribution >= 4 is 26.5 Å². The van der Waals surface area contributed by atoms with Gasteiger partial charge >= 0.3 is 101 Å². The van der Waals surface area contributed by atoms with E-state index in [1.165, 1.54) is 0 Å². The molecule has 15 heavy (non-hydrogen) atoms. The van der Waals surface area contributed by atoms with E-state index in [0.717, 1.165) is 9.50 Å². The minimum absolute atomic E-state index is 0.811. The summed E-state index contributed by atoms with van der Waals surface area (Å²) in [5.41, 5.74) is 1.66. The Morgan fingerprint density at radius 3 is 1.73 bits per heavy atom. The summed E-state index contributed by atoms with van der Waals surface area (Å²) in [4.78, 5) is 0. The van der Waals surface area contributed by atoms with Gasteiger partial charge in [0.2, 0.25) is 0 Å². The summed E-state index contributed by atoms with van der Waals surface area (Å²) in [5, 5.41) is 0. The van der Waals surface area contributed by atoms with Crippen molar-refractivity contribution in [2.24, 2.45) is 0 Å². The molecule has 0 aromatic carbocycles. The van der Waals surface area contributed by atoms with Gasteiger partial charge in [-0.2, -0.15) is 0 Å². The third-order valence-electron chi connectivity index (χ3n) is 3.38. The summed E-state index contributed by atoms with van der Waals surface area (Å²) in [7, 11) is 0. The predicted molar refractivity (Wildman–Crippen MR) is 77.1 cm³/mol. The molecule has 0 aliphatic heterocycles. The maximum atomic E-state index is 2.58. The van der Waals surface area contributed by atoms with Crippen molar-refractivity contribution in [3.63, 3.8) is 0 Å². The third kappa shape index (κ3) is 3.52. The Morgan fingerprint density at radius 1 is 0.867 bits per heavy atom. The normalized spacial score (nSPS) is 27.8. The first-order valence-electron chi connectivity index (χ1n) is 5.99. The fraction of sp³-hybridized carbons (Fsp3) is 0.692. The zero-order valence-electron chi connectivity index (χ0n) is 11.4. The Bertz CT molecular complexity index is 287. The minimum atomic E-state index is -1.54. The van der Waals surface area contributed by atoms with E-state index < -0.39 is 26.5 Å². The second kappa shape index (κ2) is 4.44. The van der Waals surface area contributed by atoms with Gasteiger partial charge in [0.05, 0.1) is 0 Å². The van der Waals surface area contributed by atoms with Crippen molar-refractivity contribution in [1.29, 1.82) is 0 Å². The maximum absolute atomic E-state index is 2.58. The van der Waals surface area contributed by atoms with Crippen LogP contribution in [-0.2, 0) is 0 Å². The van der Waals surface area contributed by atoms with Crippen molar-refractivity contribution in [1.82, 2.24) is 0 Å². The molecular weight excluding hydrogens is 301 g/mol. The molecule has 0 saturated carbocycles. The van der Waals surface area contributed by atoms with Gasteiger partial charge in [0.25, 0.3) is 0 Å². The first-order valence-corrected chi connectivity index (χ1v) is 21.0. The number of hydrogen-bond acceptors (Lipinski definition) is 0. The molecule has 2 unspecified atom stereocenters. The van der Waals surface area contributed by atoms with Crippen LogP contribution in [0, 0.1) is 0 Å². The van der Waals surface area contributed by atoms with Crippen LogP contribution in [0.5, 0.6) is 0 Å². The monoisotopic (exact) mass is 330 g/mol. The van der Waals surface area contributed by atoms with E-state index >= 15 is 0 Å². The van der Waals surface area contributed by atoms with Gasteiger partial charge in [-0.3, -0.25) is 0 Å². The van der Waals surface area contributed by atoms with Gasteiger partial charge in [0, 0.05) is 0 Å². The van der Waals surface area contributed by atoms with Crippen molar-refractivity contribution < 1.29 is 0 Å². The van der Waals surface area contributed by atoms with E-state index in [-0.39, 0.29) is 0 Å². The first kappa shape index (κ1) is 13.6.